The summed E-state index contributed by atoms with van der Waals surface area (Å²) in [5.74, 6) is -0.229. The van der Waals surface area contributed by atoms with E-state index in [1.54, 1.807) is 24.3 Å². The molecule has 25 heavy (non-hydrogen) atoms. The standard InChI is InChI=1S/C19H20ClN3OS/c1-18(2)9-13-14(10-21)17(25-15(13)19(3,4)23-18)22-16(24)11-5-7-12(20)8-6-11/h5-8,23H,9H2,1-4H3,(H,22,24)/p+1. The molecular formula is C19H21ClN3OS+. The lowest BCUT2D eigenvalue weighted by molar-refractivity contribution is -0.789. The molecule has 3 N–H and O–H groups in total. The molecule has 0 unspecified atom stereocenters. The quantitative estimate of drug-likeness (QED) is 0.842. The van der Waals surface area contributed by atoms with Crippen molar-refractivity contribution in [2.45, 2.75) is 45.2 Å². The fraction of sp³-hybridized carbons (Fsp3) is 0.368. The van der Waals surface area contributed by atoms with Crippen molar-refractivity contribution in [3.05, 3.63) is 50.9 Å². The van der Waals surface area contributed by atoms with Gasteiger partial charge in [-0.3, -0.25) is 4.79 Å². The van der Waals surface area contributed by atoms with Crippen LogP contribution in [0.4, 0.5) is 5.00 Å². The second kappa shape index (κ2) is 6.14. The van der Waals surface area contributed by atoms with E-state index in [-0.39, 0.29) is 17.0 Å². The van der Waals surface area contributed by atoms with E-state index in [1.807, 2.05) is 0 Å². The zero-order chi connectivity index (χ0) is 18.4. The van der Waals surface area contributed by atoms with E-state index in [4.69, 9.17) is 11.6 Å². The highest BCUT2D eigenvalue weighted by Crippen LogP contribution is 2.41. The number of anilines is 1. The zero-order valence-corrected chi connectivity index (χ0v) is 16.3. The molecule has 0 radical (unpaired) electrons. The van der Waals surface area contributed by atoms with Gasteiger partial charge in [0.1, 0.15) is 16.6 Å². The van der Waals surface area contributed by atoms with Crippen LogP contribution in [-0.4, -0.2) is 11.4 Å². The molecule has 0 bridgehead atoms. The van der Waals surface area contributed by atoms with Crippen molar-refractivity contribution in [2.24, 2.45) is 0 Å². The lowest BCUT2D eigenvalue weighted by Crippen LogP contribution is -3.03. The molecule has 6 heteroatoms. The van der Waals surface area contributed by atoms with Crippen molar-refractivity contribution >= 4 is 33.8 Å². The minimum absolute atomic E-state index is 0.0145. The number of thiophene rings is 1. The number of hydrogen-bond acceptors (Lipinski definition) is 3. The molecule has 0 spiro atoms. The first-order valence-corrected chi connectivity index (χ1v) is 9.33. The first-order valence-electron chi connectivity index (χ1n) is 8.13. The monoisotopic (exact) mass is 374 g/mol. The molecule has 0 aliphatic carbocycles. The van der Waals surface area contributed by atoms with Gasteiger partial charge in [-0.25, -0.2) is 0 Å². The average molecular weight is 375 g/mol. The molecule has 1 aliphatic heterocycles. The first-order chi connectivity index (χ1) is 11.6. The van der Waals surface area contributed by atoms with E-state index in [1.165, 1.54) is 11.3 Å². The summed E-state index contributed by atoms with van der Waals surface area (Å²) in [5, 5.41) is 16.2. The van der Waals surface area contributed by atoms with Gasteiger partial charge in [-0.15, -0.1) is 11.3 Å². The molecule has 0 saturated carbocycles. The summed E-state index contributed by atoms with van der Waals surface area (Å²) in [6, 6.07) is 9.03. The lowest BCUT2D eigenvalue weighted by Gasteiger charge is -2.38. The van der Waals surface area contributed by atoms with E-state index >= 15 is 0 Å². The van der Waals surface area contributed by atoms with Gasteiger partial charge in [0.25, 0.3) is 5.91 Å². The molecule has 3 rings (SSSR count). The Bertz CT molecular complexity index is 875. The molecule has 1 aliphatic rings. The Kier molecular flexibility index (Phi) is 4.40. The van der Waals surface area contributed by atoms with Crippen LogP contribution in [0.2, 0.25) is 5.02 Å². The molecular weight excluding hydrogens is 354 g/mol. The number of quaternary nitrogens is 1. The number of carbonyl (C=O) groups excluding carboxylic acids is 1. The van der Waals surface area contributed by atoms with Crippen LogP contribution in [0.1, 0.15) is 54.1 Å². The Balaban J connectivity index is 1.99. The summed E-state index contributed by atoms with van der Waals surface area (Å²) in [5.41, 5.74) is 2.07. The SMILES string of the molecule is CC1(C)Cc2c(sc(NC(=O)c3ccc(Cl)cc3)c2C#N)C(C)(C)[NH2+]1. The number of benzene rings is 1. The minimum Gasteiger partial charge on any atom is -0.333 e. The van der Waals surface area contributed by atoms with Crippen molar-refractivity contribution in [3.8, 4) is 6.07 Å². The normalized spacial score (nSPS) is 17.4. The van der Waals surface area contributed by atoms with Gasteiger partial charge in [0, 0.05) is 17.0 Å². The van der Waals surface area contributed by atoms with Gasteiger partial charge in [-0.1, -0.05) is 11.6 Å². The molecule has 0 fully saturated rings. The Morgan fingerprint density at radius 2 is 1.92 bits per heavy atom. The van der Waals surface area contributed by atoms with Gasteiger partial charge < -0.3 is 10.6 Å². The largest absolute Gasteiger partial charge is 0.333 e. The van der Waals surface area contributed by atoms with Crippen LogP contribution in [0.15, 0.2) is 24.3 Å². The maximum atomic E-state index is 12.5. The molecule has 130 valence electrons. The molecule has 1 aromatic heterocycles. The lowest BCUT2D eigenvalue weighted by atomic mass is 9.81. The number of carbonyl (C=O) groups is 1. The number of halogens is 1. The number of rotatable bonds is 2. The number of fused-ring (bicyclic) bond motifs is 1. The smallest absolute Gasteiger partial charge is 0.256 e. The average Bonchev–Trinajstić information content (AvgIpc) is 2.83. The van der Waals surface area contributed by atoms with Crippen LogP contribution in [0.3, 0.4) is 0 Å². The summed E-state index contributed by atoms with van der Waals surface area (Å²) in [6.07, 6.45) is 0.808. The topological polar surface area (TPSA) is 69.5 Å². The molecule has 1 amide bonds. The van der Waals surface area contributed by atoms with Gasteiger partial charge in [0.05, 0.1) is 16.0 Å². The summed E-state index contributed by atoms with van der Waals surface area (Å²) in [6.45, 7) is 8.69. The van der Waals surface area contributed by atoms with Crippen LogP contribution in [0.25, 0.3) is 0 Å². The minimum atomic E-state index is -0.229. The predicted molar refractivity (Wildman–Crippen MR) is 101 cm³/mol. The molecule has 2 aromatic rings. The van der Waals surface area contributed by atoms with Crippen molar-refractivity contribution in [1.29, 1.82) is 5.26 Å². The molecule has 0 saturated heterocycles. The molecule has 0 atom stereocenters. The zero-order valence-electron chi connectivity index (χ0n) is 14.7. The van der Waals surface area contributed by atoms with Crippen molar-refractivity contribution in [2.75, 3.05) is 5.32 Å². The Hall–Kier alpha value is -1.87. The third-order valence-corrected chi connectivity index (χ3v) is 6.16. The predicted octanol–water partition coefficient (Wildman–Crippen LogP) is 3.66. The van der Waals surface area contributed by atoms with Crippen molar-refractivity contribution in [3.63, 3.8) is 0 Å². The Labute approximate surface area is 156 Å². The summed E-state index contributed by atoms with van der Waals surface area (Å²) >= 11 is 7.38. The van der Waals surface area contributed by atoms with Gasteiger partial charge in [-0.05, 0) is 57.5 Å². The first kappa shape index (κ1) is 17.9. The highest BCUT2D eigenvalue weighted by atomic mass is 35.5. The Morgan fingerprint density at radius 3 is 2.52 bits per heavy atom. The molecule has 4 nitrogen and oxygen atoms in total. The van der Waals surface area contributed by atoms with Crippen molar-refractivity contribution in [1.82, 2.24) is 0 Å². The maximum Gasteiger partial charge on any atom is 0.256 e. The van der Waals surface area contributed by atoms with Crippen LogP contribution in [-0.2, 0) is 12.0 Å². The van der Waals surface area contributed by atoms with E-state index < -0.39 is 0 Å². The number of nitrogens with one attached hydrogen (secondary N) is 1. The second-order valence-corrected chi connectivity index (χ2v) is 9.18. The van der Waals surface area contributed by atoms with Gasteiger partial charge in [0.15, 0.2) is 0 Å². The van der Waals surface area contributed by atoms with Gasteiger partial charge >= 0.3 is 0 Å². The summed E-state index contributed by atoms with van der Waals surface area (Å²) < 4.78 is 0. The third kappa shape index (κ3) is 3.43. The fourth-order valence-electron chi connectivity index (χ4n) is 3.69. The maximum absolute atomic E-state index is 12.5. The highest BCUT2D eigenvalue weighted by Gasteiger charge is 2.44. The second-order valence-electron chi connectivity index (χ2n) is 7.72. The number of amides is 1. The van der Waals surface area contributed by atoms with Crippen LogP contribution >= 0.6 is 22.9 Å². The molecule has 2 heterocycles. The molecule has 1 aromatic carbocycles. The summed E-state index contributed by atoms with van der Waals surface area (Å²) in [4.78, 5) is 13.7. The summed E-state index contributed by atoms with van der Waals surface area (Å²) in [7, 11) is 0. The van der Waals surface area contributed by atoms with E-state index in [9.17, 15) is 10.1 Å². The Morgan fingerprint density at radius 1 is 1.28 bits per heavy atom. The van der Waals surface area contributed by atoms with E-state index in [0.717, 1.165) is 16.9 Å². The van der Waals surface area contributed by atoms with Crippen LogP contribution in [0, 0.1) is 11.3 Å². The number of nitrogens with two attached hydrogens (primary N) is 1. The number of nitriles is 1. The number of nitrogens with zero attached hydrogens (tertiary/aromatic N) is 1. The van der Waals surface area contributed by atoms with Gasteiger partial charge in [0.2, 0.25) is 0 Å². The van der Waals surface area contributed by atoms with E-state index in [0.29, 0.717) is 21.2 Å². The van der Waals surface area contributed by atoms with Crippen LogP contribution < -0.4 is 10.6 Å². The number of hydrogen-bond donors (Lipinski definition) is 2. The van der Waals surface area contributed by atoms with Crippen molar-refractivity contribution < 1.29 is 10.1 Å². The fourth-order valence-corrected chi connectivity index (χ4v) is 5.05. The highest BCUT2D eigenvalue weighted by molar-refractivity contribution is 7.16. The van der Waals surface area contributed by atoms with E-state index in [2.05, 4.69) is 44.4 Å². The van der Waals surface area contributed by atoms with Gasteiger partial charge in [-0.2, -0.15) is 5.26 Å². The van der Waals surface area contributed by atoms with Crippen LogP contribution in [0.5, 0.6) is 0 Å². The third-order valence-electron chi connectivity index (χ3n) is 4.42.